The number of ether oxygens (including phenoxy) is 1. The van der Waals surface area contributed by atoms with Crippen LogP contribution in [0.25, 0.3) is 0 Å². The van der Waals surface area contributed by atoms with E-state index in [9.17, 15) is 14.7 Å². The Morgan fingerprint density at radius 2 is 1.88 bits per heavy atom. The first kappa shape index (κ1) is 26.7. The van der Waals surface area contributed by atoms with Crippen LogP contribution >= 0.6 is 11.3 Å². The maximum atomic E-state index is 14.0. The summed E-state index contributed by atoms with van der Waals surface area (Å²) in [6, 6.07) is 1.72. The fraction of sp³-hybridized carbons (Fsp3) is 0.704. The van der Waals surface area contributed by atoms with Gasteiger partial charge < -0.3 is 20.5 Å². The molecule has 0 bridgehead atoms. The smallest absolute Gasteiger partial charge is 0.348 e. The second kappa shape index (κ2) is 11.2. The van der Waals surface area contributed by atoms with Gasteiger partial charge in [-0.2, -0.15) is 0 Å². The van der Waals surface area contributed by atoms with Gasteiger partial charge >= 0.3 is 5.97 Å². The minimum atomic E-state index is -1.01. The summed E-state index contributed by atoms with van der Waals surface area (Å²) in [6.45, 7) is 8.78. The van der Waals surface area contributed by atoms with Crippen molar-refractivity contribution >= 4 is 28.9 Å². The standard InChI is InChI=1S/C27H40N2O4S/c1-17-6-8-18(9-7-17)25(30)29(20-10-11-23(33-5)19(14-20)16-28)22-15-21(12-13-27(2,3)4)34-24(22)26(31)32/h15,17-20,23H,6-11,14,16,28H2,1-5H3,(H,31,32)/t17?,18?,19-,20+,23+/m0/s1. The summed E-state index contributed by atoms with van der Waals surface area (Å²) >= 11 is 1.16. The third kappa shape index (κ3) is 6.41. The van der Waals surface area contributed by atoms with E-state index in [4.69, 9.17) is 10.5 Å². The molecule has 3 atom stereocenters. The highest BCUT2D eigenvalue weighted by atomic mass is 32.1. The van der Waals surface area contributed by atoms with Crippen molar-refractivity contribution in [2.24, 2.45) is 28.9 Å². The summed E-state index contributed by atoms with van der Waals surface area (Å²) < 4.78 is 5.65. The number of rotatable bonds is 6. The van der Waals surface area contributed by atoms with Gasteiger partial charge in [-0.1, -0.05) is 18.8 Å². The normalized spacial score (nSPS) is 27.5. The van der Waals surface area contributed by atoms with Crippen LogP contribution in [0.1, 0.15) is 87.2 Å². The minimum absolute atomic E-state index is 0.0548. The number of amides is 1. The van der Waals surface area contributed by atoms with Gasteiger partial charge in [-0.3, -0.25) is 4.79 Å². The van der Waals surface area contributed by atoms with Crippen LogP contribution in [0.2, 0.25) is 0 Å². The van der Waals surface area contributed by atoms with E-state index in [-0.39, 0.29) is 40.2 Å². The van der Waals surface area contributed by atoms with E-state index >= 15 is 0 Å². The number of carboxylic acid groups (broad SMARTS) is 1. The van der Waals surface area contributed by atoms with E-state index in [1.165, 1.54) is 0 Å². The van der Waals surface area contributed by atoms with E-state index in [0.29, 0.717) is 29.4 Å². The van der Waals surface area contributed by atoms with Gasteiger partial charge in [-0.15, -0.1) is 11.3 Å². The van der Waals surface area contributed by atoms with Crippen molar-refractivity contribution in [3.63, 3.8) is 0 Å². The van der Waals surface area contributed by atoms with Gasteiger partial charge in [-0.05, 0) is 90.2 Å². The zero-order chi connectivity index (χ0) is 25.0. The Hall–Kier alpha value is -1.88. The number of carbonyl (C=O) groups excluding carboxylic acids is 1. The predicted molar refractivity (Wildman–Crippen MR) is 137 cm³/mol. The van der Waals surface area contributed by atoms with Gasteiger partial charge in [0.05, 0.1) is 16.7 Å². The molecule has 3 N–H and O–H groups in total. The summed E-state index contributed by atoms with van der Waals surface area (Å²) in [5.74, 6) is 6.08. The van der Waals surface area contributed by atoms with Crippen molar-refractivity contribution in [3.8, 4) is 11.8 Å². The summed E-state index contributed by atoms with van der Waals surface area (Å²) in [5, 5.41) is 10.0. The predicted octanol–water partition coefficient (Wildman–Crippen LogP) is 5.15. The molecule has 1 aromatic heterocycles. The Morgan fingerprint density at radius 3 is 2.44 bits per heavy atom. The number of nitrogens with zero attached hydrogens (tertiary/aromatic N) is 1. The Labute approximate surface area is 208 Å². The number of methoxy groups -OCH3 is 1. The lowest BCUT2D eigenvalue weighted by atomic mass is 9.79. The number of hydrogen-bond donors (Lipinski definition) is 2. The molecule has 0 spiro atoms. The number of carboxylic acids is 1. The molecule has 1 heterocycles. The number of anilines is 1. The molecular weight excluding hydrogens is 448 g/mol. The van der Waals surface area contributed by atoms with Crippen LogP contribution in [-0.2, 0) is 9.53 Å². The number of thiophene rings is 1. The molecule has 0 radical (unpaired) electrons. The number of aromatic carboxylic acids is 1. The minimum Gasteiger partial charge on any atom is -0.477 e. The van der Waals surface area contributed by atoms with E-state index in [0.717, 1.165) is 49.9 Å². The van der Waals surface area contributed by atoms with Crippen molar-refractivity contribution in [2.75, 3.05) is 18.6 Å². The first-order valence-corrected chi connectivity index (χ1v) is 13.3. The van der Waals surface area contributed by atoms with Crippen LogP contribution in [-0.4, -0.2) is 42.8 Å². The van der Waals surface area contributed by atoms with E-state index in [2.05, 4.69) is 18.8 Å². The fourth-order valence-electron chi connectivity index (χ4n) is 5.23. The summed E-state index contributed by atoms with van der Waals surface area (Å²) in [4.78, 5) is 28.9. The Bertz CT molecular complexity index is 931. The van der Waals surface area contributed by atoms with Crippen LogP contribution < -0.4 is 10.6 Å². The molecule has 1 amide bonds. The average Bonchev–Trinajstić information content (AvgIpc) is 3.22. The van der Waals surface area contributed by atoms with Crippen LogP contribution in [0, 0.1) is 35.0 Å². The zero-order valence-corrected chi connectivity index (χ0v) is 22.0. The molecule has 6 nitrogen and oxygen atoms in total. The van der Waals surface area contributed by atoms with Crippen LogP contribution in [0.3, 0.4) is 0 Å². The summed E-state index contributed by atoms with van der Waals surface area (Å²) in [6.07, 6.45) is 6.12. The van der Waals surface area contributed by atoms with Crippen LogP contribution in [0.5, 0.6) is 0 Å². The van der Waals surface area contributed by atoms with Crippen molar-refractivity contribution in [3.05, 3.63) is 15.8 Å². The topological polar surface area (TPSA) is 92.9 Å². The Kier molecular flexibility index (Phi) is 8.83. The van der Waals surface area contributed by atoms with Gasteiger partial charge in [0.25, 0.3) is 0 Å². The molecule has 0 aromatic carbocycles. The van der Waals surface area contributed by atoms with Gasteiger partial charge in [0, 0.05) is 24.5 Å². The molecule has 2 aliphatic carbocycles. The van der Waals surface area contributed by atoms with Crippen molar-refractivity contribution in [1.82, 2.24) is 0 Å². The molecule has 1 aromatic rings. The molecule has 2 saturated carbocycles. The van der Waals surface area contributed by atoms with E-state index < -0.39 is 5.97 Å². The lowest BCUT2D eigenvalue weighted by Gasteiger charge is -2.42. The number of hydrogen-bond acceptors (Lipinski definition) is 5. The first-order valence-electron chi connectivity index (χ1n) is 12.5. The second-order valence-electron chi connectivity index (χ2n) is 11.0. The number of carbonyl (C=O) groups is 2. The SMILES string of the molecule is CO[C@@H]1CC[C@@H](N(C(=O)C2CCC(C)CC2)c2cc(C#CC(C)(C)C)sc2C(=O)O)C[C@H]1CN. The highest BCUT2D eigenvalue weighted by Gasteiger charge is 2.40. The van der Waals surface area contributed by atoms with Gasteiger partial charge in [0.15, 0.2) is 0 Å². The van der Waals surface area contributed by atoms with Crippen LogP contribution in [0.4, 0.5) is 5.69 Å². The highest BCUT2D eigenvalue weighted by Crippen LogP contribution is 2.40. The third-order valence-electron chi connectivity index (χ3n) is 7.19. The lowest BCUT2D eigenvalue weighted by Crippen LogP contribution is -2.50. The Morgan fingerprint density at radius 1 is 1.21 bits per heavy atom. The number of nitrogens with two attached hydrogens (primary N) is 1. The van der Waals surface area contributed by atoms with Gasteiger partial charge in [-0.25, -0.2) is 4.79 Å². The molecule has 2 fully saturated rings. The Balaban J connectivity index is 2.02. The monoisotopic (exact) mass is 488 g/mol. The van der Waals surface area contributed by atoms with E-state index in [1.54, 1.807) is 7.11 Å². The third-order valence-corrected chi connectivity index (χ3v) is 8.21. The van der Waals surface area contributed by atoms with Gasteiger partial charge in [0.1, 0.15) is 4.88 Å². The molecule has 3 rings (SSSR count). The molecular formula is C27H40N2O4S. The largest absolute Gasteiger partial charge is 0.477 e. The molecule has 7 heteroatoms. The van der Waals surface area contributed by atoms with Crippen molar-refractivity contribution in [2.45, 2.75) is 84.8 Å². The molecule has 0 saturated heterocycles. The second-order valence-corrected chi connectivity index (χ2v) is 12.1. The molecule has 0 aliphatic heterocycles. The maximum Gasteiger partial charge on any atom is 0.348 e. The average molecular weight is 489 g/mol. The van der Waals surface area contributed by atoms with Crippen molar-refractivity contribution in [1.29, 1.82) is 0 Å². The summed E-state index contributed by atoms with van der Waals surface area (Å²) in [5.41, 5.74) is 6.37. The molecule has 0 unspecified atom stereocenters. The zero-order valence-electron chi connectivity index (χ0n) is 21.2. The maximum absolute atomic E-state index is 14.0. The lowest BCUT2D eigenvalue weighted by molar-refractivity contribution is -0.124. The van der Waals surface area contributed by atoms with Gasteiger partial charge in [0.2, 0.25) is 5.91 Å². The van der Waals surface area contributed by atoms with Crippen molar-refractivity contribution < 1.29 is 19.4 Å². The quantitative estimate of drug-likeness (QED) is 0.541. The first-order chi connectivity index (χ1) is 16.0. The van der Waals surface area contributed by atoms with Crippen LogP contribution in [0.15, 0.2) is 6.07 Å². The highest BCUT2D eigenvalue weighted by molar-refractivity contribution is 7.15. The molecule has 188 valence electrons. The molecule has 34 heavy (non-hydrogen) atoms. The van der Waals surface area contributed by atoms with E-state index in [1.807, 2.05) is 31.7 Å². The molecule has 2 aliphatic rings. The fourth-order valence-corrected chi connectivity index (χ4v) is 6.07. The summed E-state index contributed by atoms with van der Waals surface area (Å²) in [7, 11) is 1.71.